The van der Waals surface area contributed by atoms with Gasteiger partial charge in [-0.3, -0.25) is 0 Å². The number of ether oxygens (including phenoxy) is 2. The van der Waals surface area contributed by atoms with Gasteiger partial charge in [0.05, 0.1) is 24.7 Å². The Bertz CT molecular complexity index is 851. The Morgan fingerprint density at radius 2 is 1.76 bits per heavy atom. The number of halogens is 3. The molecule has 2 rings (SSSR count). The van der Waals surface area contributed by atoms with Gasteiger partial charge >= 0.3 is 6.18 Å². The quantitative estimate of drug-likeness (QED) is 0.842. The predicted octanol–water partition coefficient (Wildman–Crippen LogP) is 3.20. The Labute approximate surface area is 143 Å². The van der Waals surface area contributed by atoms with Crippen molar-refractivity contribution in [3.05, 3.63) is 53.6 Å². The van der Waals surface area contributed by atoms with Crippen LogP contribution in [0.1, 0.15) is 11.1 Å². The molecular weight excluding hydrogens is 359 g/mol. The molecule has 2 aromatic carbocycles. The monoisotopic (exact) mass is 375 g/mol. The van der Waals surface area contributed by atoms with E-state index in [1.165, 1.54) is 14.2 Å². The van der Waals surface area contributed by atoms with E-state index < -0.39 is 26.7 Å². The van der Waals surface area contributed by atoms with Crippen molar-refractivity contribution in [3.8, 4) is 11.5 Å². The summed E-state index contributed by atoms with van der Waals surface area (Å²) in [5, 5.41) is 0. The first-order valence-electron chi connectivity index (χ1n) is 7.05. The van der Waals surface area contributed by atoms with Crippen LogP contribution in [0, 0.1) is 0 Å². The first kappa shape index (κ1) is 19.1. The fraction of sp³-hybridized carbons (Fsp3) is 0.250. The van der Waals surface area contributed by atoms with E-state index in [-0.39, 0.29) is 6.54 Å². The number of benzene rings is 2. The number of hydrogen-bond donors (Lipinski definition) is 1. The van der Waals surface area contributed by atoms with Gasteiger partial charge in [0.2, 0.25) is 10.0 Å². The van der Waals surface area contributed by atoms with Crippen molar-refractivity contribution in [3.63, 3.8) is 0 Å². The Morgan fingerprint density at radius 3 is 2.36 bits per heavy atom. The standard InChI is InChI=1S/C16H16F3NO4S/c1-23-13-6-7-15(24-2)11(8-13)10-20-25(21,22)14-5-3-4-12(9-14)16(17,18)19/h3-9,20H,10H2,1-2H3. The first-order chi connectivity index (χ1) is 11.7. The van der Waals surface area contributed by atoms with Crippen LogP contribution in [0.5, 0.6) is 11.5 Å². The number of nitrogens with one attached hydrogen (secondary N) is 1. The van der Waals surface area contributed by atoms with E-state index in [4.69, 9.17) is 9.47 Å². The van der Waals surface area contributed by atoms with Crippen LogP contribution in [-0.2, 0) is 22.7 Å². The number of sulfonamides is 1. The maximum absolute atomic E-state index is 12.7. The molecule has 0 heterocycles. The van der Waals surface area contributed by atoms with Gasteiger partial charge in [0.1, 0.15) is 11.5 Å². The molecule has 0 aliphatic rings. The van der Waals surface area contributed by atoms with Crippen LogP contribution in [-0.4, -0.2) is 22.6 Å². The van der Waals surface area contributed by atoms with Gasteiger partial charge in [-0.25, -0.2) is 13.1 Å². The van der Waals surface area contributed by atoms with Crippen molar-refractivity contribution < 1.29 is 31.1 Å². The summed E-state index contributed by atoms with van der Waals surface area (Å²) in [5.74, 6) is 0.918. The van der Waals surface area contributed by atoms with Gasteiger partial charge in [-0.1, -0.05) is 6.07 Å². The summed E-state index contributed by atoms with van der Waals surface area (Å²) >= 11 is 0. The van der Waals surface area contributed by atoms with Crippen LogP contribution >= 0.6 is 0 Å². The van der Waals surface area contributed by atoms with Gasteiger partial charge < -0.3 is 9.47 Å². The van der Waals surface area contributed by atoms with Crippen LogP contribution in [0.15, 0.2) is 47.4 Å². The molecule has 0 saturated heterocycles. The third kappa shape index (κ3) is 4.64. The summed E-state index contributed by atoms with van der Waals surface area (Å²) in [4.78, 5) is -0.468. The SMILES string of the molecule is COc1ccc(OC)c(CNS(=O)(=O)c2cccc(C(F)(F)F)c2)c1. The van der Waals surface area contributed by atoms with Gasteiger partial charge in [-0.15, -0.1) is 0 Å². The van der Waals surface area contributed by atoms with Gasteiger partial charge in [-0.05, 0) is 36.4 Å². The number of hydrogen-bond acceptors (Lipinski definition) is 4. The van der Waals surface area contributed by atoms with Gasteiger partial charge in [-0.2, -0.15) is 13.2 Å². The largest absolute Gasteiger partial charge is 0.497 e. The summed E-state index contributed by atoms with van der Waals surface area (Å²) in [7, 11) is -1.25. The predicted molar refractivity (Wildman–Crippen MR) is 85.0 cm³/mol. The molecule has 0 fully saturated rings. The maximum atomic E-state index is 12.7. The summed E-state index contributed by atoms with van der Waals surface area (Å²) in [6.07, 6.45) is -4.62. The third-order valence-corrected chi connectivity index (χ3v) is 4.81. The molecule has 0 amide bonds. The zero-order chi connectivity index (χ0) is 18.7. The zero-order valence-corrected chi connectivity index (χ0v) is 14.2. The van der Waals surface area contributed by atoms with Crippen LogP contribution in [0.25, 0.3) is 0 Å². The average molecular weight is 375 g/mol. The smallest absolute Gasteiger partial charge is 0.416 e. The molecule has 9 heteroatoms. The average Bonchev–Trinajstić information content (AvgIpc) is 2.59. The second-order valence-electron chi connectivity index (χ2n) is 5.03. The van der Waals surface area contributed by atoms with E-state index >= 15 is 0 Å². The molecule has 2 aromatic rings. The fourth-order valence-electron chi connectivity index (χ4n) is 2.12. The minimum Gasteiger partial charge on any atom is -0.497 e. The summed E-state index contributed by atoms with van der Waals surface area (Å²) in [6, 6.07) is 8.36. The Morgan fingerprint density at radius 1 is 1.04 bits per heavy atom. The van der Waals surface area contributed by atoms with Gasteiger partial charge in [0.15, 0.2) is 0 Å². The fourth-order valence-corrected chi connectivity index (χ4v) is 3.17. The van der Waals surface area contributed by atoms with Crippen LogP contribution in [0.2, 0.25) is 0 Å². The van der Waals surface area contributed by atoms with Crippen LogP contribution in [0.3, 0.4) is 0 Å². The van der Waals surface area contributed by atoms with Crippen molar-refractivity contribution in [2.24, 2.45) is 0 Å². The second-order valence-corrected chi connectivity index (χ2v) is 6.79. The molecule has 0 saturated carbocycles. The van der Waals surface area contributed by atoms with Gasteiger partial charge in [0.25, 0.3) is 0 Å². The minimum absolute atomic E-state index is 0.168. The molecule has 0 unspecified atom stereocenters. The molecule has 25 heavy (non-hydrogen) atoms. The lowest BCUT2D eigenvalue weighted by Gasteiger charge is -2.13. The molecule has 0 aliphatic carbocycles. The van der Waals surface area contributed by atoms with Crippen LogP contribution < -0.4 is 14.2 Å². The third-order valence-electron chi connectivity index (χ3n) is 3.41. The lowest BCUT2D eigenvalue weighted by Crippen LogP contribution is -2.24. The molecular formula is C16H16F3NO4S. The highest BCUT2D eigenvalue weighted by molar-refractivity contribution is 7.89. The first-order valence-corrected chi connectivity index (χ1v) is 8.53. The number of alkyl halides is 3. The summed E-state index contributed by atoms with van der Waals surface area (Å²) in [5.41, 5.74) is -0.549. The minimum atomic E-state index is -4.62. The number of rotatable bonds is 6. The summed E-state index contributed by atoms with van der Waals surface area (Å²) in [6.45, 7) is -0.168. The van der Waals surface area contributed by atoms with E-state index in [9.17, 15) is 21.6 Å². The number of methoxy groups -OCH3 is 2. The highest BCUT2D eigenvalue weighted by atomic mass is 32.2. The molecule has 1 N–H and O–H groups in total. The van der Waals surface area contributed by atoms with E-state index in [1.807, 2.05) is 0 Å². The Kier molecular flexibility index (Phi) is 5.58. The lowest BCUT2D eigenvalue weighted by molar-refractivity contribution is -0.137. The molecule has 0 radical (unpaired) electrons. The normalized spacial score (nSPS) is 12.0. The van der Waals surface area contributed by atoms with E-state index in [1.54, 1.807) is 18.2 Å². The van der Waals surface area contributed by atoms with Crippen molar-refractivity contribution in [2.45, 2.75) is 17.6 Å². The molecule has 0 aliphatic heterocycles. The van der Waals surface area contributed by atoms with E-state index in [0.717, 1.165) is 18.2 Å². The van der Waals surface area contributed by atoms with Crippen molar-refractivity contribution in [1.82, 2.24) is 4.72 Å². The molecule has 0 spiro atoms. The molecule has 0 bridgehead atoms. The van der Waals surface area contributed by atoms with Crippen molar-refractivity contribution in [2.75, 3.05) is 14.2 Å². The zero-order valence-electron chi connectivity index (χ0n) is 13.4. The highest BCUT2D eigenvalue weighted by Gasteiger charge is 2.31. The highest BCUT2D eigenvalue weighted by Crippen LogP contribution is 2.30. The summed E-state index contributed by atoms with van der Waals surface area (Å²) < 4.78 is 75.3. The molecule has 136 valence electrons. The molecule has 0 atom stereocenters. The molecule has 5 nitrogen and oxygen atoms in total. The van der Waals surface area contributed by atoms with Crippen molar-refractivity contribution in [1.29, 1.82) is 0 Å². The maximum Gasteiger partial charge on any atom is 0.416 e. The van der Waals surface area contributed by atoms with Gasteiger partial charge in [0, 0.05) is 12.1 Å². The molecule has 0 aromatic heterocycles. The Balaban J connectivity index is 2.26. The Hall–Kier alpha value is -2.26. The van der Waals surface area contributed by atoms with Crippen molar-refractivity contribution >= 4 is 10.0 Å². The van der Waals surface area contributed by atoms with E-state index in [2.05, 4.69) is 4.72 Å². The van der Waals surface area contributed by atoms with E-state index in [0.29, 0.717) is 23.1 Å². The van der Waals surface area contributed by atoms with Crippen LogP contribution in [0.4, 0.5) is 13.2 Å². The second kappa shape index (κ2) is 7.32. The lowest BCUT2D eigenvalue weighted by atomic mass is 10.2. The topological polar surface area (TPSA) is 64.6 Å².